The summed E-state index contributed by atoms with van der Waals surface area (Å²) in [5, 5.41) is 3.31. The van der Waals surface area contributed by atoms with Gasteiger partial charge in [0.25, 0.3) is 0 Å². The van der Waals surface area contributed by atoms with E-state index in [4.69, 9.17) is 0 Å². The molecule has 66 valence electrons. The second kappa shape index (κ2) is 4.34. The molecule has 1 fully saturated rings. The molecule has 1 aliphatic rings. The second-order valence-corrected chi connectivity index (χ2v) is 7.45. The first kappa shape index (κ1) is 9.36. The first-order valence-corrected chi connectivity index (χ1v) is 7.95. The summed E-state index contributed by atoms with van der Waals surface area (Å²) in [7, 11) is 0. The van der Waals surface area contributed by atoms with Gasteiger partial charge in [0, 0.05) is 18.3 Å². The van der Waals surface area contributed by atoms with Gasteiger partial charge in [0.1, 0.15) is 9.61 Å². The van der Waals surface area contributed by atoms with Crippen LogP contribution in [0.4, 0.5) is 0 Å². The molecule has 0 unspecified atom stereocenters. The molecule has 0 atom stereocenters. The van der Waals surface area contributed by atoms with Gasteiger partial charge in [0.05, 0.1) is 6.54 Å². The first-order chi connectivity index (χ1) is 5.84. The SMILES string of the molecule is Brc1csc(CN2CCC[I+]2)n1. The van der Waals surface area contributed by atoms with Gasteiger partial charge in [0.15, 0.2) is 4.43 Å². The fourth-order valence-electron chi connectivity index (χ4n) is 1.10. The zero-order valence-corrected chi connectivity index (χ0v) is 11.0. The van der Waals surface area contributed by atoms with Crippen LogP contribution in [-0.2, 0) is 6.54 Å². The molecule has 1 aromatic heterocycles. The Morgan fingerprint density at radius 1 is 1.75 bits per heavy atom. The molecule has 0 aliphatic carbocycles. The van der Waals surface area contributed by atoms with Crippen LogP contribution >= 0.6 is 27.3 Å². The molecule has 1 aliphatic heterocycles. The molecule has 1 saturated heterocycles. The molecule has 0 spiro atoms. The molecule has 0 bridgehead atoms. The summed E-state index contributed by atoms with van der Waals surface area (Å²) >= 11 is 5.47. The molecular weight excluding hydrogens is 351 g/mol. The Kier molecular flexibility index (Phi) is 3.39. The number of alkyl halides is 1. The van der Waals surface area contributed by atoms with Crippen LogP contribution in [0.1, 0.15) is 11.4 Å². The molecule has 0 N–H and O–H groups in total. The van der Waals surface area contributed by atoms with Crippen LogP contribution in [0, 0.1) is 0 Å². The van der Waals surface area contributed by atoms with E-state index < -0.39 is 0 Å². The van der Waals surface area contributed by atoms with E-state index in [1.165, 1.54) is 22.4 Å². The molecule has 0 radical (unpaired) electrons. The molecule has 0 saturated carbocycles. The standard InChI is InChI=1S/C7H9BrIN2S/c8-6-5-12-7(10-6)4-11-3-1-2-9-11/h5H,1-4H2/q+1. The summed E-state index contributed by atoms with van der Waals surface area (Å²) in [6, 6.07) is 0. The van der Waals surface area contributed by atoms with Gasteiger partial charge in [-0.15, -0.1) is 11.3 Å². The number of rotatable bonds is 2. The Balaban J connectivity index is 1.94. The summed E-state index contributed by atoms with van der Waals surface area (Å²) in [6.45, 7) is 2.38. The highest BCUT2D eigenvalue weighted by Crippen LogP contribution is 2.15. The molecule has 2 nitrogen and oxygen atoms in total. The van der Waals surface area contributed by atoms with Gasteiger partial charge in [-0.1, -0.05) is 3.11 Å². The highest BCUT2D eigenvalue weighted by atomic mass is 127. The zero-order valence-electron chi connectivity index (χ0n) is 6.46. The minimum atomic E-state index is 0.344. The van der Waals surface area contributed by atoms with Crippen molar-refractivity contribution in [1.29, 1.82) is 0 Å². The minimum Gasteiger partial charge on any atom is -0.233 e. The quantitative estimate of drug-likeness (QED) is 0.387. The molecule has 1 aromatic rings. The highest BCUT2D eigenvalue weighted by molar-refractivity contribution is 9.10. The van der Waals surface area contributed by atoms with Crippen LogP contribution in [-0.4, -0.2) is 19.1 Å². The van der Waals surface area contributed by atoms with Gasteiger partial charge in [-0.25, -0.2) is 4.98 Å². The normalized spacial score (nSPS) is 18.8. The second-order valence-electron chi connectivity index (χ2n) is 2.57. The summed E-state index contributed by atoms with van der Waals surface area (Å²) < 4.78 is 5.02. The van der Waals surface area contributed by atoms with E-state index in [0.717, 1.165) is 11.1 Å². The summed E-state index contributed by atoms with van der Waals surface area (Å²) in [4.78, 5) is 4.39. The third-order valence-electron chi connectivity index (χ3n) is 1.62. The topological polar surface area (TPSA) is 16.1 Å². The molecule has 0 amide bonds. The number of nitrogens with zero attached hydrogens (tertiary/aromatic N) is 2. The van der Waals surface area contributed by atoms with E-state index in [9.17, 15) is 0 Å². The van der Waals surface area contributed by atoms with Crippen LogP contribution in [0.5, 0.6) is 0 Å². The van der Waals surface area contributed by atoms with E-state index in [1.807, 2.05) is 0 Å². The number of hydrogen-bond donors (Lipinski definition) is 0. The van der Waals surface area contributed by atoms with Crippen molar-refractivity contribution in [3.63, 3.8) is 0 Å². The molecule has 2 heterocycles. The van der Waals surface area contributed by atoms with E-state index >= 15 is 0 Å². The third kappa shape index (κ3) is 2.40. The number of halogens is 2. The lowest BCUT2D eigenvalue weighted by molar-refractivity contribution is -0.786. The zero-order chi connectivity index (χ0) is 8.39. The van der Waals surface area contributed by atoms with Crippen LogP contribution in [0.25, 0.3) is 0 Å². The first-order valence-electron chi connectivity index (χ1n) is 3.79. The predicted molar refractivity (Wildman–Crippen MR) is 49.7 cm³/mol. The predicted octanol–water partition coefficient (Wildman–Crippen LogP) is -0.885. The molecule has 12 heavy (non-hydrogen) atoms. The Morgan fingerprint density at radius 3 is 3.25 bits per heavy atom. The molecule has 0 aromatic carbocycles. The van der Waals surface area contributed by atoms with Gasteiger partial charge < -0.3 is 0 Å². The maximum absolute atomic E-state index is 4.39. The van der Waals surface area contributed by atoms with Crippen LogP contribution in [0.15, 0.2) is 9.98 Å². The van der Waals surface area contributed by atoms with E-state index in [-0.39, 0.29) is 0 Å². The van der Waals surface area contributed by atoms with Gasteiger partial charge in [-0.05, 0) is 15.9 Å². The lowest BCUT2D eigenvalue weighted by atomic mass is 10.5. The maximum Gasteiger partial charge on any atom is 0.387 e. The number of aromatic nitrogens is 1. The van der Waals surface area contributed by atoms with Crippen molar-refractivity contribution in [2.24, 2.45) is 0 Å². The minimum absolute atomic E-state index is 0.344. The van der Waals surface area contributed by atoms with E-state index in [1.54, 1.807) is 11.3 Å². The fraction of sp³-hybridized carbons (Fsp3) is 0.571. The highest BCUT2D eigenvalue weighted by Gasteiger charge is 2.28. The summed E-state index contributed by atoms with van der Waals surface area (Å²) in [6.07, 6.45) is 1.40. The van der Waals surface area contributed by atoms with Gasteiger partial charge in [-0.3, -0.25) is 0 Å². The van der Waals surface area contributed by atoms with Crippen molar-refractivity contribution in [3.8, 4) is 0 Å². The number of thiazole rings is 1. The summed E-state index contributed by atoms with van der Waals surface area (Å²) in [5.41, 5.74) is 0. The Morgan fingerprint density at radius 2 is 2.67 bits per heavy atom. The maximum atomic E-state index is 4.39. The summed E-state index contributed by atoms with van der Waals surface area (Å²) in [5.74, 6) is 0. The van der Waals surface area contributed by atoms with Crippen molar-refractivity contribution < 1.29 is 21.5 Å². The lowest BCUT2D eigenvalue weighted by Gasteiger charge is -1.98. The van der Waals surface area contributed by atoms with Crippen molar-refractivity contribution in [3.05, 3.63) is 15.0 Å². The van der Waals surface area contributed by atoms with Crippen molar-refractivity contribution in [1.82, 2.24) is 8.10 Å². The van der Waals surface area contributed by atoms with Crippen molar-refractivity contribution >= 4 is 27.3 Å². The van der Waals surface area contributed by atoms with Gasteiger partial charge >= 0.3 is 21.5 Å². The van der Waals surface area contributed by atoms with E-state index in [0.29, 0.717) is 21.5 Å². The monoisotopic (exact) mass is 359 g/mol. The van der Waals surface area contributed by atoms with Gasteiger partial charge in [-0.2, -0.15) is 0 Å². The van der Waals surface area contributed by atoms with Crippen LogP contribution in [0.3, 0.4) is 0 Å². The van der Waals surface area contributed by atoms with Crippen LogP contribution in [0.2, 0.25) is 0 Å². The Hall–Kier alpha value is 0.800. The van der Waals surface area contributed by atoms with Crippen molar-refractivity contribution in [2.45, 2.75) is 13.0 Å². The Bertz CT molecular complexity index is 260. The fourth-order valence-corrected chi connectivity index (χ4v) is 5.22. The third-order valence-corrected chi connectivity index (χ3v) is 6.19. The lowest BCUT2D eigenvalue weighted by Crippen LogP contribution is -3.66. The smallest absolute Gasteiger partial charge is 0.233 e. The average molecular weight is 360 g/mol. The molecule has 5 heteroatoms. The largest absolute Gasteiger partial charge is 0.387 e. The van der Waals surface area contributed by atoms with Gasteiger partial charge in [0.2, 0.25) is 0 Å². The molecular formula is C7H9BrIN2S+. The average Bonchev–Trinajstić information content (AvgIpc) is 2.63. The van der Waals surface area contributed by atoms with Crippen LogP contribution < -0.4 is 21.5 Å². The Labute approximate surface area is 95.1 Å². The number of hydrogen-bond acceptors (Lipinski definition) is 3. The van der Waals surface area contributed by atoms with E-state index in [2.05, 4.69) is 29.4 Å². The van der Waals surface area contributed by atoms with Crippen molar-refractivity contribution in [2.75, 3.05) is 11.0 Å². The molecule has 2 rings (SSSR count).